The van der Waals surface area contributed by atoms with Gasteiger partial charge in [0.15, 0.2) is 0 Å². The lowest BCUT2D eigenvalue weighted by Gasteiger charge is -2.22. The molecule has 1 aromatic carbocycles. The fraction of sp³-hybridized carbons (Fsp3) is 0.600. The summed E-state index contributed by atoms with van der Waals surface area (Å²) < 4.78 is 14.6. The summed E-state index contributed by atoms with van der Waals surface area (Å²) in [6.07, 6.45) is 8.27. The van der Waals surface area contributed by atoms with E-state index >= 15 is 0 Å². The Morgan fingerprint density at radius 3 is 2.56 bits per heavy atom. The van der Waals surface area contributed by atoms with E-state index in [0.717, 1.165) is 10.0 Å². The Morgan fingerprint density at radius 1 is 1.22 bits per heavy atom. The van der Waals surface area contributed by atoms with Gasteiger partial charge in [-0.2, -0.15) is 0 Å². The van der Waals surface area contributed by atoms with Gasteiger partial charge in [0.25, 0.3) is 0 Å². The highest BCUT2D eigenvalue weighted by molar-refractivity contribution is 9.10. The highest BCUT2D eigenvalue weighted by atomic mass is 79.9. The van der Waals surface area contributed by atoms with Crippen molar-refractivity contribution in [3.05, 3.63) is 34.1 Å². The normalized spacial score (nSPS) is 19.5. The molecule has 1 saturated carbocycles. The fourth-order valence-corrected chi connectivity index (χ4v) is 3.27. The Hall–Kier alpha value is -0.410. The van der Waals surface area contributed by atoms with Crippen molar-refractivity contribution < 1.29 is 4.39 Å². The molecule has 0 bridgehead atoms. The number of nitrogens with two attached hydrogens (primary N) is 1. The van der Waals surface area contributed by atoms with Crippen LogP contribution in [0.4, 0.5) is 4.39 Å². The van der Waals surface area contributed by atoms with Crippen LogP contribution in [0.3, 0.4) is 0 Å². The maximum atomic E-state index is 13.7. The molecule has 0 aromatic heterocycles. The van der Waals surface area contributed by atoms with Crippen LogP contribution in [0.5, 0.6) is 0 Å². The largest absolute Gasteiger partial charge is 0.327 e. The predicted octanol–water partition coefficient (Wildman–Crippen LogP) is 4.43. The molecule has 1 unspecified atom stereocenters. The number of halogens is 2. The Morgan fingerprint density at radius 2 is 1.89 bits per heavy atom. The second-order valence-electron chi connectivity index (χ2n) is 5.36. The van der Waals surface area contributed by atoms with Gasteiger partial charge in [0.1, 0.15) is 5.82 Å². The van der Waals surface area contributed by atoms with E-state index in [1.807, 2.05) is 6.07 Å². The van der Waals surface area contributed by atoms with Crippen LogP contribution in [0.1, 0.15) is 44.1 Å². The second kappa shape index (κ2) is 6.67. The Bertz CT molecular complexity index is 386. The average Bonchev–Trinajstić information content (AvgIpc) is 2.62. The Labute approximate surface area is 117 Å². The molecule has 1 nitrogen and oxygen atoms in total. The molecular formula is C15H21BrFN. The first-order valence-corrected chi connectivity index (χ1v) is 7.65. The van der Waals surface area contributed by atoms with Crippen LogP contribution in [0.2, 0.25) is 0 Å². The average molecular weight is 314 g/mol. The quantitative estimate of drug-likeness (QED) is 0.821. The van der Waals surface area contributed by atoms with E-state index in [4.69, 9.17) is 5.73 Å². The molecular weight excluding hydrogens is 293 g/mol. The van der Waals surface area contributed by atoms with E-state index in [1.54, 1.807) is 6.07 Å². The van der Waals surface area contributed by atoms with Gasteiger partial charge in [-0.25, -0.2) is 4.39 Å². The van der Waals surface area contributed by atoms with Gasteiger partial charge in [-0.15, -0.1) is 0 Å². The summed E-state index contributed by atoms with van der Waals surface area (Å²) in [4.78, 5) is 0. The highest BCUT2D eigenvalue weighted by Gasteiger charge is 2.20. The van der Waals surface area contributed by atoms with Crippen LogP contribution >= 0.6 is 15.9 Å². The Kier molecular flexibility index (Phi) is 5.19. The highest BCUT2D eigenvalue weighted by Crippen LogP contribution is 2.27. The molecule has 0 saturated heterocycles. The van der Waals surface area contributed by atoms with Gasteiger partial charge in [0, 0.05) is 10.5 Å². The molecule has 1 aromatic rings. The van der Waals surface area contributed by atoms with Gasteiger partial charge in [-0.05, 0) is 48.9 Å². The maximum absolute atomic E-state index is 13.7. The monoisotopic (exact) mass is 313 g/mol. The first-order chi connectivity index (χ1) is 8.66. The molecule has 0 aliphatic heterocycles. The third kappa shape index (κ3) is 3.79. The van der Waals surface area contributed by atoms with E-state index in [2.05, 4.69) is 15.9 Å². The van der Waals surface area contributed by atoms with Gasteiger partial charge < -0.3 is 5.73 Å². The van der Waals surface area contributed by atoms with E-state index in [1.165, 1.54) is 44.6 Å². The standard InChI is InChI=1S/C15H21BrFN/c16-13-7-8-14(17)12(9-13)10-15(18)11-5-3-1-2-4-6-11/h7-9,11,15H,1-6,10,18H2. The van der Waals surface area contributed by atoms with Gasteiger partial charge in [-0.1, -0.05) is 41.6 Å². The molecule has 0 spiro atoms. The van der Waals surface area contributed by atoms with E-state index < -0.39 is 0 Å². The molecule has 1 aliphatic carbocycles. The molecule has 1 atom stereocenters. The Balaban J connectivity index is 2.00. The lowest BCUT2D eigenvalue weighted by atomic mass is 9.88. The summed E-state index contributed by atoms with van der Waals surface area (Å²) in [5, 5.41) is 0. The van der Waals surface area contributed by atoms with Gasteiger partial charge in [0.05, 0.1) is 0 Å². The zero-order chi connectivity index (χ0) is 13.0. The zero-order valence-corrected chi connectivity index (χ0v) is 12.3. The van der Waals surface area contributed by atoms with Crippen LogP contribution < -0.4 is 5.73 Å². The van der Waals surface area contributed by atoms with Crippen molar-refractivity contribution in [2.75, 3.05) is 0 Å². The number of hydrogen-bond donors (Lipinski definition) is 1. The minimum absolute atomic E-state index is 0.0897. The summed E-state index contributed by atoms with van der Waals surface area (Å²) >= 11 is 3.39. The summed E-state index contributed by atoms with van der Waals surface area (Å²) in [7, 11) is 0. The topological polar surface area (TPSA) is 26.0 Å². The van der Waals surface area contributed by atoms with Gasteiger partial charge in [-0.3, -0.25) is 0 Å². The molecule has 3 heteroatoms. The van der Waals surface area contributed by atoms with Crippen molar-refractivity contribution >= 4 is 15.9 Å². The summed E-state index contributed by atoms with van der Waals surface area (Å²) in [6.45, 7) is 0. The SMILES string of the molecule is NC(Cc1cc(Br)ccc1F)C1CCCCCC1. The second-order valence-corrected chi connectivity index (χ2v) is 6.27. The molecule has 0 radical (unpaired) electrons. The molecule has 1 aliphatic rings. The number of rotatable bonds is 3. The maximum Gasteiger partial charge on any atom is 0.126 e. The zero-order valence-electron chi connectivity index (χ0n) is 10.7. The molecule has 100 valence electrons. The fourth-order valence-electron chi connectivity index (χ4n) is 2.86. The molecule has 0 heterocycles. The van der Waals surface area contributed by atoms with Crippen molar-refractivity contribution in [3.8, 4) is 0 Å². The first kappa shape index (κ1) is 14.0. The summed E-state index contributed by atoms with van der Waals surface area (Å²) in [6, 6.07) is 5.19. The number of benzene rings is 1. The van der Waals surface area contributed by atoms with Gasteiger partial charge >= 0.3 is 0 Å². The summed E-state index contributed by atoms with van der Waals surface area (Å²) in [5.41, 5.74) is 7.02. The van der Waals surface area contributed by atoms with Gasteiger partial charge in [0.2, 0.25) is 0 Å². The van der Waals surface area contributed by atoms with Crippen LogP contribution in [-0.2, 0) is 6.42 Å². The molecule has 18 heavy (non-hydrogen) atoms. The van der Waals surface area contributed by atoms with E-state index in [-0.39, 0.29) is 11.9 Å². The van der Waals surface area contributed by atoms with Crippen LogP contribution in [0.15, 0.2) is 22.7 Å². The lowest BCUT2D eigenvalue weighted by molar-refractivity contribution is 0.369. The lowest BCUT2D eigenvalue weighted by Crippen LogP contribution is -2.32. The molecule has 1 fully saturated rings. The van der Waals surface area contributed by atoms with Crippen molar-refractivity contribution in [2.45, 2.75) is 51.0 Å². The van der Waals surface area contributed by atoms with Crippen LogP contribution in [0.25, 0.3) is 0 Å². The van der Waals surface area contributed by atoms with Crippen LogP contribution in [-0.4, -0.2) is 6.04 Å². The molecule has 2 N–H and O–H groups in total. The van der Waals surface area contributed by atoms with Crippen molar-refractivity contribution in [3.63, 3.8) is 0 Å². The summed E-state index contributed by atoms with van der Waals surface area (Å²) in [5.74, 6) is 0.424. The minimum atomic E-state index is -0.137. The third-order valence-corrected chi connectivity index (χ3v) is 4.46. The van der Waals surface area contributed by atoms with Crippen molar-refractivity contribution in [2.24, 2.45) is 11.7 Å². The van der Waals surface area contributed by atoms with Crippen molar-refractivity contribution in [1.29, 1.82) is 0 Å². The molecule has 2 rings (SSSR count). The van der Waals surface area contributed by atoms with E-state index in [0.29, 0.717) is 12.3 Å². The number of hydrogen-bond acceptors (Lipinski definition) is 1. The first-order valence-electron chi connectivity index (χ1n) is 6.86. The van der Waals surface area contributed by atoms with Crippen LogP contribution in [0, 0.1) is 11.7 Å². The minimum Gasteiger partial charge on any atom is -0.327 e. The molecule has 0 amide bonds. The smallest absolute Gasteiger partial charge is 0.126 e. The van der Waals surface area contributed by atoms with E-state index in [9.17, 15) is 4.39 Å². The van der Waals surface area contributed by atoms with Crippen molar-refractivity contribution in [1.82, 2.24) is 0 Å². The third-order valence-electron chi connectivity index (χ3n) is 3.97. The predicted molar refractivity (Wildman–Crippen MR) is 77.0 cm³/mol.